The van der Waals surface area contributed by atoms with Crippen molar-refractivity contribution in [3.05, 3.63) is 57.9 Å². The van der Waals surface area contributed by atoms with Crippen LogP contribution in [0.1, 0.15) is 65.5 Å². The molecule has 0 amide bonds. The number of nitrogens with zero attached hydrogens (tertiary/aromatic N) is 2. The van der Waals surface area contributed by atoms with Gasteiger partial charge >= 0.3 is 5.69 Å². The third-order valence-corrected chi connectivity index (χ3v) is 5.44. The highest BCUT2D eigenvalue weighted by Gasteiger charge is 2.27. The maximum Gasteiger partial charge on any atom is 0.329 e. The monoisotopic (exact) mass is 356 g/mol. The van der Waals surface area contributed by atoms with Gasteiger partial charge in [0.2, 0.25) is 5.75 Å². The lowest BCUT2D eigenvalue weighted by atomic mass is 9.76. The molecule has 0 aliphatic rings. The van der Waals surface area contributed by atoms with Gasteiger partial charge in [-0.2, -0.15) is 0 Å². The van der Waals surface area contributed by atoms with E-state index in [4.69, 9.17) is 4.74 Å². The molecular weight excluding hydrogens is 328 g/mol. The molecule has 0 saturated carbocycles. The van der Waals surface area contributed by atoms with Crippen LogP contribution in [0, 0.1) is 10.1 Å². The topological polar surface area (TPSA) is 65.3 Å². The molecule has 5 nitrogen and oxygen atoms in total. The van der Waals surface area contributed by atoms with Gasteiger partial charge in [-0.3, -0.25) is 15.1 Å². The molecule has 0 aliphatic heterocycles. The van der Waals surface area contributed by atoms with Gasteiger partial charge < -0.3 is 4.74 Å². The van der Waals surface area contributed by atoms with Gasteiger partial charge in [0.1, 0.15) is 11.9 Å². The second kappa shape index (κ2) is 7.44. The highest BCUT2D eigenvalue weighted by atomic mass is 16.6. The average molecular weight is 356 g/mol. The summed E-state index contributed by atoms with van der Waals surface area (Å²) in [5.41, 5.74) is 2.11. The molecule has 0 radical (unpaired) electrons. The fourth-order valence-corrected chi connectivity index (χ4v) is 2.68. The summed E-state index contributed by atoms with van der Waals surface area (Å²) in [5, 5.41) is 11.3. The van der Waals surface area contributed by atoms with E-state index in [9.17, 15) is 10.1 Å². The minimum Gasteiger partial charge on any atom is -0.450 e. The maximum atomic E-state index is 11.3. The second-order valence-corrected chi connectivity index (χ2v) is 7.89. The predicted molar refractivity (Wildman–Crippen MR) is 104 cm³/mol. The summed E-state index contributed by atoms with van der Waals surface area (Å²) in [6.07, 6.45) is 4.67. The summed E-state index contributed by atoms with van der Waals surface area (Å²) in [4.78, 5) is 14.6. The van der Waals surface area contributed by atoms with Crippen molar-refractivity contribution in [2.24, 2.45) is 0 Å². The average Bonchev–Trinajstić information content (AvgIpc) is 2.62. The van der Waals surface area contributed by atoms with Gasteiger partial charge in [-0.25, -0.2) is 0 Å². The highest BCUT2D eigenvalue weighted by molar-refractivity contribution is 5.50. The third kappa shape index (κ3) is 4.03. The minimum absolute atomic E-state index is 0.0553. The Kier molecular flexibility index (Phi) is 5.69. The molecule has 1 aromatic heterocycles. The zero-order valence-corrected chi connectivity index (χ0v) is 16.5. The molecule has 0 atom stereocenters. The molecule has 0 unspecified atom stereocenters. The smallest absolute Gasteiger partial charge is 0.329 e. The molecule has 2 aromatic rings. The standard InChI is InChI=1S/C21H28N2O3/c1-7-20(3,4)15-9-10-18(16(13-15)21(5,6)8-2)26-19-11-12-22-14-17(19)23(24)25/h9-14H,7-8H2,1-6H3. The van der Waals surface area contributed by atoms with E-state index in [-0.39, 0.29) is 22.3 Å². The van der Waals surface area contributed by atoms with E-state index in [1.165, 1.54) is 24.0 Å². The number of hydrogen-bond donors (Lipinski definition) is 0. The Labute approximate surface area is 155 Å². The van der Waals surface area contributed by atoms with E-state index >= 15 is 0 Å². The van der Waals surface area contributed by atoms with Gasteiger partial charge in [-0.05, 0) is 35.3 Å². The van der Waals surface area contributed by atoms with Crippen molar-refractivity contribution in [2.75, 3.05) is 0 Å². The second-order valence-electron chi connectivity index (χ2n) is 7.89. The number of rotatable bonds is 7. The predicted octanol–water partition coefficient (Wildman–Crippen LogP) is 6.16. The van der Waals surface area contributed by atoms with Crippen molar-refractivity contribution >= 4 is 5.69 Å². The van der Waals surface area contributed by atoms with Gasteiger partial charge in [0.05, 0.1) is 4.92 Å². The summed E-state index contributed by atoms with van der Waals surface area (Å²) in [5.74, 6) is 0.863. The summed E-state index contributed by atoms with van der Waals surface area (Å²) < 4.78 is 6.01. The lowest BCUT2D eigenvalue weighted by molar-refractivity contribution is -0.386. The van der Waals surface area contributed by atoms with Crippen molar-refractivity contribution in [1.29, 1.82) is 0 Å². The van der Waals surface area contributed by atoms with Crippen LogP contribution in [0.25, 0.3) is 0 Å². The van der Waals surface area contributed by atoms with Crippen LogP contribution in [-0.2, 0) is 10.8 Å². The van der Waals surface area contributed by atoms with E-state index in [0.717, 1.165) is 18.4 Å². The zero-order chi connectivity index (χ0) is 19.5. The molecule has 5 heteroatoms. The van der Waals surface area contributed by atoms with Crippen LogP contribution in [0.15, 0.2) is 36.7 Å². The Bertz CT molecular complexity index is 798. The quantitative estimate of drug-likeness (QED) is 0.440. The van der Waals surface area contributed by atoms with Crippen LogP contribution in [0.4, 0.5) is 5.69 Å². The number of nitro groups is 1. The molecule has 2 rings (SSSR count). The van der Waals surface area contributed by atoms with Crippen LogP contribution in [0.5, 0.6) is 11.5 Å². The van der Waals surface area contributed by atoms with Gasteiger partial charge in [-0.15, -0.1) is 0 Å². The fourth-order valence-electron chi connectivity index (χ4n) is 2.68. The number of pyridine rings is 1. The van der Waals surface area contributed by atoms with Crippen molar-refractivity contribution in [1.82, 2.24) is 4.98 Å². The fraction of sp³-hybridized carbons (Fsp3) is 0.476. The van der Waals surface area contributed by atoms with Crippen molar-refractivity contribution in [3.8, 4) is 11.5 Å². The molecule has 0 saturated heterocycles. The first-order valence-corrected chi connectivity index (χ1v) is 9.03. The Morgan fingerprint density at radius 1 is 1.04 bits per heavy atom. The van der Waals surface area contributed by atoms with Crippen LogP contribution >= 0.6 is 0 Å². The highest BCUT2D eigenvalue weighted by Crippen LogP contribution is 2.41. The van der Waals surface area contributed by atoms with Crippen molar-refractivity contribution < 1.29 is 9.66 Å². The number of benzene rings is 1. The van der Waals surface area contributed by atoms with E-state index in [1.807, 2.05) is 6.07 Å². The lowest BCUT2D eigenvalue weighted by Crippen LogP contribution is -2.20. The van der Waals surface area contributed by atoms with Crippen LogP contribution in [0.2, 0.25) is 0 Å². The number of ether oxygens (including phenoxy) is 1. The molecule has 0 fully saturated rings. The first-order valence-electron chi connectivity index (χ1n) is 9.03. The van der Waals surface area contributed by atoms with E-state index < -0.39 is 4.92 Å². The van der Waals surface area contributed by atoms with Gasteiger partial charge in [0.25, 0.3) is 0 Å². The van der Waals surface area contributed by atoms with Crippen molar-refractivity contribution in [3.63, 3.8) is 0 Å². The SMILES string of the molecule is CCC(C)(C)c1ccc(Oc2ccncc2[N+](=O)[O-])c(C(C)(C)CC)c1. The third-order valence-electron chi connectivity index (χ3n) is 5.44. The van der Waals surface area contributed by atoms with Gasteiger partial charge in [0.15, 0.2) is 0 Å². The Balaban J connectivity index is 2.57. The summed E-state index contributed by atoms with van der Waals surface area (Å²) in [7, 11) is 0. The molecule has 0 bridgehead atoms. The molecule has 0 aliphatic carbocycles. The normalized spacial score (nSPS) is 12.1. The molecule has 1 heterocycles. The summed E-state index contributed by atoms with van der Waals surface area (Å²) >= 11 is 0. The zero-order valence-electron chi connectivity index (χ0n) is 16.5. The number of aromatic nitrogens is 1. The van der Waals surface area contributed by atoms with Crippen LogP contribution in [-0.4, -0.2) is 9.91 Å². The van der Waals surface area contributed by atoms with Gasteiger partial charge in [0, 0.05) is 17.8 Å². The maximum absolute atomic E-state index is 11.3. The lowest BCUT2D eigenvalue weighted by Gasteiger charge is -2.30. The Hall–Kier alpha value is -2.43. The Morgan fingerprint density at radius 3 is 2.27 bits per heavy atom. The van der Waals surface area contributed by atoms with Crippen LogP contribution < -0.4 is 4.74 Å². The van der Waals surface area contributed by atoms with Crippen molar-refractivity contribution in [2.45, 2.75) is 65.2 Å². The largest absolute Gasteiger partial charge is 0.450 e. The molecule has 140 valence electrons. The molecule has 26 heavy (non-hydrogen) atoms. The summed E-state index contributed by atoms with van der Waals surface area (Å²) in [6, 6.07) is 7.71. The van der Waals surface area contributed by atoms with E-state index in [1.54, 1.807) is 0 Å². The summed E-state index contributed by atoms with van der Waals surface area (Å²) in [6.45, 7) is 13.1. The first kappa shape index (κ1) is 19.9. The molecule has 1 aromatic carbocycles. The molecule has 0 spiro atoms. The van der Waals surface area contributed by atoms with E-state index in [2.05, 4.69) is 58.7 Å². The van der Waals surface area contributed by atoms with Gasteiger partial charge in [-0.1, -0.05) is 53.7 Å². The van der Waals surface area contributed by atoms with E-state index in [0.29, 0.717) is 5.75 Å². The molecular formula is C21H28N2O3. The number of hydrogen-bond acceptors (Lipinski definition) is 4. The van der Waals surface area contributed by atoms with Crippen LogP contribution in [0.3, 0.4) is 0 Å². The molecule has 0 N–H and O–H groups in total. The first-order chi connectivity index (χ1) is 12.1. The Morgan fingerprint density at radius 2 is 1.69 bits per heavy atom. The minimum atomic E-state index is -0.471.